The fraction of sp³-hybridized carbons (Fsp3) is 0.400. The van der Waals surface area contributed by atoms with Gasteiger partial charge in [0.05, 0.1) is 12.9 Å². The second-order valence-corrected chi connectivity index (χ2v) is 5.61. The molecule has 1 amide bonds. The quantitative estimate of drug-likeness (QED) is 0.621. The predicted octanol–water partition coefficient (Wildman–Crippen LogP) is 2.25. The lowest BCUT2D eigenvalue weighted by atomic mass is 10.1. The van der Waals surface area contributed by atoms with Crippen molar-refractivity contribution in [2.24, 2.45) is 0 Å². The molecule has 0 saturated carbocycles. The van der Waals surface area contributed by atoms with E-state index in [0.717, 1.165) is 30.2 Å². The van der Waals surface area contributed by atoms with Gasteiger partial charge in [0.1, 0.15) is 5.75 Å². The van der Waals surface area contributed by atoms with E-state index >= 15 is 0 Å². The standard InChI is InChI=1S/C15H20N2O2S.ClH/c1-19-13-2-4-14(5-3-13)20-11-15(18)17-10-12-6-8-16-9-7-12;/h2-6,16H,7-11H2,1H3,(H,17,18);1H. The molecule has 1 aliphatic heterocycles. The summed E-state index contributed by atoms with van der Waals surface area (Å²) < 4.78 is 5.10. The zero-order valence-electron chi connectivity index (χ0n) is 12.1. The number of nitrogens with one attached hydrogen (secondary N) is 2. The molecular weight excluding hydrogens is 308 g/mol. The predicted molar refractivity (Wildman–Crippen MR) is 89.5 cm³/mol. The molecule has 116 valence electrons. The summed E-state index contributed by atoms with van der Waals surface area (Å²) in [5.41, 5.74) is 1.31. The van der Waals surface area contributed by atoms with E-state index in [4.69, 9.17) is 4.74 Å². The Labute approximate surface area is 136 Å². The summed E-state index contributed by atoms with van der Waals surface area (Å²) in [5.74, 6) is 1.35. The highest BCUT2D eigenvalue weighted by atomic mass is 35.5. The maximum absolute atomic E-state index is 11.8. The van der Waals surface area contributed by atoms with Crippen molar-refractivity contribution in [1.82, 2.24) is 10.6 Å². The minimum atomic E-state index is 0. The van der Waals surface area contributed by atoms with Crippen LogP contribution < -0.4 is 15.4 Å². The van der Waals surface area contributed by atoms with Crippen LogP contribution in [0, 0.1) is 0 Å². The zero-order chi connectivity index (χ0) is 14.2. The van der Waals surface area contributed by atoms with Crippen LogP contribution in [0.2, 0.25) is 0 Å². The zero-order valence-corrected chi connectivity index (χ0v) is 13.7. The third-order valence-corrected chi connectivity index (χ3v) is 4.11. The number of methoxy groups -OCH3 is 1. The molecule has 21 heavy (non-hydrogen) atoms. The van der Waals surface area contributed by atoms with Gasteiger partial charge in [-0.2, -0.15) is 0 Å². The Morgan fingerprint density at radius 1 is 1.38 bits per heavy atom. The first-order valence-corrected chi connectivity index (χ1v) is 7.68. The molecule has 0 aliphatic carbocycles. The molecule has 0 aromatic heterocycles. The van der Waals surface area contributed by atoms with Crippen molar-refractivity contribution < 1.29 is 9.53 Å². The Morgan fingerprint density at radius 2 is 2.14 bits per heavy atom. The SMILES string of the molecule is COc1ccc(SCC(=O)NCC2=CCNCC2)cc1.Cl. The molecule has 0 bridgehead atoms. The van der Waals surface area contributed by atoms with E-state index in [1.54, 1.807) is 7.11 Å². The number of hydrogen-bond acceptors (Lipinski definition) is 4. The maximum Gasteiger partial charge on any atom is 0.230 e. The normalized spacial score (nSPS) is 13.9. The number of amides is 1. The van der Waals surface area contributed by atoms with Gasteiger partial charge in [0.2, 0.25) is 5.91 Å². The first-order valence-electron chi connectivity index (χ1n) is 6.70. The Kier molecular flexibility index (Phi) is 8.27. The lowest BCUT2D eigenvalue weighted by Crippen LogP contribution is -2.30. The van der Waals surface area contributed by atoms with E-state index in [1.807, 2.05) is 24.3 Å². The average molecular weight is 329 g/mol. The summed E-state index contributed by atoms with van der Waals surface area (Å²) in [6, 6.07) is 7.73. The molecule has 0 atom stereocenters. The fourth-order valence-corrected chi connectivity index (χ4v) is 2.64. The Bertz CT molecular complexity index is 477. The third-order valence-electron chi connectivity index (χ3n) is 3.10. The van der Waals surface area contributed by atoms with E-state index in [1.165, 1.54) is 17.3 Å². The Hall–Kier alpha value is -1.17. The van der Waals surface area contributed by atoms with E-state index < -0.39 is 0 Å². The molecule has 1 aromatic rings. The lowest BCUT2D eigenvalue weighted by molar-refractivity contribution is -0.118. The fourth-order valence-electron chi connectivity index (χ4n) is 1.91. The van der Waals surface area contributed by atoms with Crippen LogP contribution >= 0.6 is 24.2 Å². The number of rotatable bonds is 6. The molecule has 1 aliphatic rings. The van der Waals surface area contributed by atoms with Crippen molar-refractivity contribution in [2.45, 2.75) is 11.3 Å². The summed E-state index contributed by atoms with van der Waals surface area (Å²) in [5, 5.41) is 6.22. The van der Waals surface area contributed by atoms with E-state index in [2.05, 4.69) is 16.7 Å². The van der Waals surface area contributed by atoms with Crippen LogP contribution in [-0.2, 0) is 4.79 Å². The number of hydrogen-bond donors (Lipinski definition) is 2. The second-order valence-electron chi connectivity index (χ2n) is 4.56. The van der Waals surface area contributed by atoms with Crippen LogP contribution in [0.15, 0.2) is 40.8 Å². The summed E-state index contributed by atoms with van der Waals surface area (Å²) in [4.78, 5) is 12.9. The van der Waals surface area contributed by atoms with Crippen LogP contribution in [0.1, 0.15) is 6.42 Å². The summed E-state index contributed by atoms with van der Waals surface area (Å²) in [6.07, 6.45) is 3.17. The molecule has 2 rings (SSSR count). The summed E-state index contributed by atoms with van der Waals surface area (Å²) in [6.45, 7) is 2.58. The number of halogens is 1. The number of ether oxygens (including phenoxy) is 1. The number of carbonyl (C=O) groups is 1. The highest BCUT2D eigenvalue weighted by Crippen LogP contribution is 2.20. The molecular formula is C15H21ClN2O2S. The van der Waals surface area contributed by atoms with Crippen molar-refractivity contribution in [2.75, 3.05) is 32.5 Å². The molecule has 4 nitrogen and oxygen atoms in total. The largest absolute Gasteiger partial charge is 0.497 e. The highest BCUT2D eigenvalue weighted by Gasteiger charge is 2.06. The molecule has 0 saturated heterocycles. The van der Waals surface area contributed by atoms with Gasteiger partial charge in [-0.15, -0.1) is 24.2 Å². The van der Waals surface area contributed by atoms with Gasteiger partial charge in [-0.05, 0) is 37.2 Å². The highest BCUT2D eigenvalue weighted by molar-refractivity contribution is 8.00. The van der Waals surface area contributed by atoms with Crippen LogP contribution in [0.5, 0.6) is 5.75 Å². The van der Waals surface area contributed by atoms with Crippen molar-refractivity contribution in [3.8, 4) is 5.75 Å². The van der Waals surface area contributed by atoms with Gasteiger partial charge >= 0.3 is 0 Å². The average Bonchev–Trinajstić information content (AvgIpc) is 2.52. The van der Waals surface area contributed by atoms with E-state index in [-0.39, 0.29) is 18.3 Å². The molecule has 0 spiro atoms. The van der Waals surface area contributed by atoms with Gasteiger partial charge < -0.3 is 15.4 Å². The summed E-state index contributed by atoms with van der Waals surface area (Å²) in [7, 11) is 1.64. The van der Waals surface area contributed by atoms with Gasteiger partial charge in [-0.1, -0.05) is 11.6 Å². The van der Waals surface area contributed by atoms with Crippen LogP contribution in [0.4, 0.5) is 0 Å². The molecule has 1 heterocycles. The van der Waals surface area contributed by atoms with Gasteiger partial charge in [0.15, 0.2) is 0 Å². The topological polar surface area (TPSA) is 50.4 Å². The van der Waals surface area contributed by atoms with Gasteiger partial charge in [-0.25, -0.2) is 0 Å². The maximum atomic E-state index is 11.8. The molecule has 0 fully saturated rings. The van der Waals surface area contributed by atoms with Gasteiger partial charge in [-0.3, -0.25) is 4.79 Å². The molecule has 0 unspecified atom stereocenters. The van der Waals surface area contributed by atoms with Crippen molar-refractivity contribution in [3.63, 3.8) is 0 Å². The van der Waals surface area contributed by atoms with Gasteiger partial charge in [0, 0.05) is 18.0 Å². The lowest BCUT2D eigenvalue weighted by Gasteiger charge is -2.14. The molecule has 1 aromatic carbocycles. The monoisotopic (exact) mass is 328 g/mol. The van der Waals surface area contributed by atoms with Crippen LogP contribution in [-0.4, -0.2) is 38.4 Å². The van der Waals surface area contributed by atoms with Crippen molar-refractivity contribution in [3.05, 3.63) is 35.9 Å². The van der Waals surface area contributed by atoms with Crippen LogP contribution in [0.25, 0.3) is 0 Å². The van der Waals surface area contributed by atoms with Crippen molar-refractivity contribution >= 4 is 30.1 Å². The molecule has 2 N–H and O–H groups in total. The minimum absolute atomic E-state index is 0. The number of benzene rings is 1. The number of carbonyl (C=O) groups excluding carboxylic acids is 1. The molecule has 0 radical (unpaired) electrons. The number of thioether (sulfide) groups is 1. The van der Waals surface area contributed by atoms with Crippen LogP contribution in [0.3, 0.4) is 0 Å². The van der Waals surface area contributed by atoms with Crippen molar-refractivity contribution in [1.29, 1.82) is 0 Å². The third kappa shape index (κ3) is 6.42. The van der Waals surface area contributed by atoms with E-state index in [9.17, 15) is 4.79 Å². The second kappa shape index (κ2) is 9.71. The summed E-state index contributed by atoms with van der Waals surface area (Å²) >= 11 is 1.53. The molecule has 6 heteroatoms. The first kappa shape index (κ1) is 17.9. The Morgan fingerprint density at radius 3 is 2.76 bits per heavy atom. The Balaban J connectivity index is 0.00000220. The smallest absolute Gasteiger partial charge is 0.230 e. The first-order chi connectivity index (χ1) is 9.78. The van der Waals surface area contributed by atoms with E-state index in [0.29, 0.717) is 12.3 Å². The van der Waals surface area contributed by atoms with Gasteiger partial charge in [0.25, 0.3) is 0 Å². The minimum Gasteiger partial charge on any atom is -0.497 e.